The van der Waals surface area contributed by atoms with Gasteiger partial charge in [0, 0.05) is 35.7 Å². The van der Waals surface area contributed by atoms with Crippen molar-refractivity contribution in [3.8, 4) is 5.69 Å². The van der Waals surface area contributed by atoms with Crippen LogP contribution in [-0.2, 0) is 18.4 Å². The standard InChI is InChI=1S/C26H28ClN7O/c1-26(2,3)22-11-21(20(27)14-29-22)34-23-19(24(35)33(34)18-6-7-18)13-30-25(32-23)31-17-5-4-15-8-9-28-12-16(15)10-17/h4-5,10-11,13-14,18,28H,6-9,12H2,1-3H3,(H,30,31,32). The van der Waals surface area contributed by atoms with E-state index in [1.165, 1.54) is 11.1 Å². The first-order valence-electron chi connectivity index (χ1n) is 12.1. The van der Waals surface area contributed by atoms with Crippen LogP contribution in [0.15, 0.2) is 41.5 Å². The summed E-state index contributed by atoms with van der Waals surface area (Å²) in [7, 11) is 0. The van der Waals surface area contributed by atoms with Crippen LogP contribution >= 0.6 is 11.6 Å². The number of nitrogens with zero attached hydrogens (tertiary/aromatic N) is 5. The van der Waals surface area contributed by atoms with Crippen LogP contribution in [0.4, 0.5) is 11.6 Å². The number of hydrogen-bond acceptors (Lipinski definition) is 6. The molecule has 1 aromatic carbocycles. The highest BCUT2D eigenvalue weighted by Gasteiger charge is 2.32. The van der Waals surface area contributed by atoms with Gasteiger partial charge in [0.05, 0.1) is 16.8 Å². The molecular weight excluding hydrogens is 462 g/mol. The Hall–Kier alpha value is -3.23. The van der Waals surface area contributed by atoms with E-state index in [4.69, 9.17) is 16.6 Å². The van der Waals surface area contributed by atoms with Gasteiger partial charge in [0.25, 0.3) is 5.56 Å². The predicted molar refractivity (Wildman–Crippen MR) is 138 cm³/mol. The van der Waals surface area contributed by atoms with Crippen molar-refractivity contribution >= 4 is 34.3 Å². The molecule has 180 valence electrons. The molecule has 0 saturated heterocycles. The molecule has 4 heterocycles. The number of benzene rings is 1. The minimum atomic E-state index is -0.171. The van der Waals surface area contributed by atoms with Gasteiger partial charge in [0.15, 0.2) is 5.65 Å². The molecule has 2 N–H and O–H groups in total. The van der Waals surface area contributed by atoms with E-state index in [-0.39, 0.29) is 17.0 Å². The van der Waals surface area contributed by atoms with Crippen molar-refractivity contribution in [1.29, 1.82) is 0 Å². The summed E-state index contributed by atoms with van der Waals surface area (Å²) in [5.74, 6) is 0.434. The normalized spacial score (nSPS) is 15.9. The van der Waals surface area contributed by atoms with Crippen LogP contribution in [0.5, 0.6) is 0 Å². The summed E-state index contributed by atoms with van der Waals surface area (Å²) in [5, 5.41) is 7.69. The summed E-state index contributed by atoms with van der Waals surface area (Å²) >= 11 is 6.66. The number of aromatic nitrogens is 5. The molecule has 1 aliphatic heterocycles. The van der Waals surface area contributed by atoms with Crippen molar-refractivity contribution < 1.29 is 0 Å². The summed E-state index contributed by atoms with van der Waals surface area (Å²) < 4.78 is 3.64. The number of anilines is 2. The average Bonchev–Trinajstić information content (AvgIpc) is 3.63. The topological polar surface area (TPSA) is 89.7 Å². The third-order valence-electron chi connectivity index (χ3n) is 6.70. The summed E-state index contributed by atoms with van der Waals surface area (Å²) in [4.78, 5) is 27.2. The molecule has 4 aromatic rings. The van der Waals surface area contributed by atoms with Crippen LogP contribution in [0.2, 0.25) is 5.02 Å². The van der Waals surface area contributed by atoms with Gasteiger partial charge >= 0.3 is 0 Å². The second kappa shape index (κ2) is 8.17. The third kappa shape index (κ3) is 4.00. The van der Waals surface area contributed by atoms with Crippen LogP contribution in [0.1, 0.15) is 56.5 Å². The molecular formula is C26H28ClN7O. The molecule has 6 rings (SSSR count). The van der Waals surface area contributed by atoms with Crippen molar-refractivity contribution in [2.24, 2.45) is 0 Å². The minimum absolute atomic E-state index is 0.0981. The van der Waals surface area contributed by atoms with Gasteiger partial charge in [-0.05, 0) is 55.1 Å². The summed E-state index contributed by atoms with van der Waals surface area (Å²) in [6.07, 6.45) is 6.20. The van der Waals surface area contributed by atoms with Crippen molar-refractivity contribution in [2.45, 2.75) is 58.0 Å². The van der Waals surface area contributed by atoms with Crippen molar-refractivity contribution in [3.63, 3.8) is 0 Å². The maximum absolute atomic E-state index is 13.4. The molecule has 1 fully saturated rings. The summed E-state index contributed by atoms with van der Waals surface area (Å²) in [5.41, 5.74) is 5.42. The maximum Gasteiger partial charge on any atom is 0.278 e. The summed E-state index contributed by atoms with van der Waals surface area (Å²) in [6.45, 7) is 8.17. The number of hydrogen-bond donors (Lipinski definition) is 2. The first-order chi connectivity index (χ1) is 16.8. The monoisotopic (exact) mass is 489 g/mol. The van der Waals surface area contributed by atoms with Gasteiger partial charge in [-0.2, -0.15) is 4.98 Å². The molecule has 2 aliphatic rings. The highest BCUT2D eigenvalue weighted by Crippen LogP contribution is 2.37. The van der Waals surface area contributed by atoms with E-state index in [0.29, 0.717) is 27.7 Å². The fourth-order valence-electron chi connectivity index (χ4n) is 4.63. The molecule has 0 radical (unpaired) electrons. The third-order valence-corrected chi connectivity index (χ3v) is 6.99. The van der Waals surface area contributed by atoms with Crippen LogP contribution in [0.3, 0.4) is 0 Å². The predicted octanol–water partition coefficient (Wildman–Crippen LogP) is 4.65. The lowest BCUT2D eigenvalue weighted by Gasteiger charge is -2.20. The zero-order valence-corrected chi connectivity index (χ0v) is 20.9. The van der Waals surface area contributed by atoms with Crippen LogP contribution < -0.4 is 16.2 Å². The number of rotatable bonds is 4. The largest absolute Gasteiger partial charge is 0.324 e. The molecule has 1 aliphatic carbocycles. The maximum atomic E-state index is 13.4. The van der Waals surface area contributed by atoms with Gasteiger partial charge in [-0.3, -0.25) is 9.78 Å². The zero-order valence-electron chi connectivity index (χ0n) is 20.1. The van der Waals surface area contributed by atoms with Gasteiger partial charge in [-0.25, -0.2) is 14.3 Å². The van der Waals surface area contributed by atoms with E-state index < -0.39 is 0 Å². The van der Waals surface area contributed by atoms with Crippen molar-refractivity contribution in [2.75, 3.05) is 11.9 Å². The van der Waals surface area contributed by atoms with Crippen LogP contribution in [0.25, 0.3) is 16.7 Å². The van der Waals surface area contributed by atoms with E-state index in [0.717, 1.165) is 43.7 Å². The number of fused-ring (bicyclic) bond motifs is 2. The Morgan fingerprint density at radius 2 is 1.94 bits per heavy atom. The molecule has 8 nitrogen and oxygen atoms in total. The first-order valence-corrected chi connectivity index (χ1v) is 12.4. The molecule has 35 heavy (non-hydrogen) atoms. The van der Waals surface area contributed by atoms with Gasteiger partial charge in [-0.15, -0.1) is 0 Å². The Kier molecular flexibility index (Phi) is 5.19. The van der Waals surface area contributed by atoms with E-state index >= 15 is 0 Å². The number of pyridine rings is 1. The van der Waals surface area contributed by atoms with E-state index in [1.807, 2.05) is 10.7 Å². The quantitative estimate of drug-likeness (QED) is 0.433. The Balaban J connectivity index is 1.49. The summed E-state index contributed by atoms with van der Waals surface area (Å²) in [6, 6.07) is 8.43. The Labute approximate surface area is 208 Å². The van der Waals surface area contributed by atoms with E-state index in [9.17, 15) is 4.79 Å². The van der Waals surface area contributed by atoms with E-state index in [1.54, 1.807) is 17.1 Å². The first kappa shape index (κ1) is 22.2. The van der Waals surface area contributed by atoms with Crippen molar-refractivity contribution in [1.82, 2.24) is 29.6 Å². The molecule has 0 amide bonds. The van der Waals surface area contributed by atoms with Crippen LogP contribution in [-0.4, -0.2) is 30.9 Å². The minimum Gasteiger partial charge on any atom is -0.324 e. The molecule has 9 heteroatoms. The Bertz CT molecular complexity index is 1510. The molecule has 0 atom stereocenters. The average molecular weight is 490 g/mol. The Morgan fingerprint density at radius 3 is 2.71 bits per heavy atom. The van der Waals surface area contributed by atoms with Gasteiger partial charge in [0.1, 0.15) is 5.39 Å². The second-order valence-electron chi connectivity index (χ2n) is 10.4. The van der Waals surface area contributed by atoms with Crippen molar-refractivity contribution in [3.05, 3.63) is 68.9 Å². The van der Waals surface area contributed by atoms with E-state index in [2.05, 4.69) is 59.6 Å². The smallest absolute Gasteiger partial charge is 0.278 e. The van der Waals surface area contributed by atoms with Gasteiger partial charge in [-0.1, -0.05) is 38.4 Å². The molecule has 1 saturated carbocycles. The lowest BCUT2D eigenvalue weighted by atomic mass is 9.91. The lowest BCUT2D eigenvalue weighted by Crippen LogP contribution is -2.23. The molecule has 0 spiro atoms. The fourth-order valence-corrected chi connectivity index (χ4v) is 4.81. The zero-order chi connectivity index (χ0) is 24.3. The molecule has 3 aromatic heterocycles. The van der Waals surface area contributed by atoms with Gasteiger partial charge in [0.2, 0.25) is 5.95 Å². The SMILES string of the molecule is CC(C)(C)c1cc(-n2c3nc(Nc4ccc5c(c4)CNCC5)ncc3c(=O)n2C2CC2)c(Cl)cn1. The molecule has 0 bridgehead atoms. The lowest BCUT2D eigenvalue weighted by molar-refractivity contribution is 0.549. The van der Waals surface area contributed by atoms with Gasteiger partial charge < -0.3 is 10.6 Å². The highest BCUT2D eigenvalue weighted by atomic mass is 35.5. The number of halogens is 1. The Morgan fingerprint density at radius 1 is 1.11 bits per heavy atom. The molecule has 0 unspecified atom stereocenters. The highest BCUT2D eigenvalue weighted by molar-refractivity contribution is 6.32. The number of nitrogens with one attached hydrogen (secondary N) is 2. The van der Waals surface area contributed by atoms with Crippen LogP contribution in [0, 0.1) is 0 Å². The second-order valence-corrected chi connectivity index (χ2v) is 10.8. The fraction of sp³-hybridized carbons (Fsp3) is 0.385.